The Kier molecular flexibility index (Phi) is 5.99. The Hall–Kier alpha value is -4.34. The second kappa shape index (κ2) is 9.03. The van der Waals surface area contributed by atoms with Gasteiger partial charge in [0.1, 0.15) is 11.5 Å². The first kappa shape index (κ1) is 21.9. The summed E-state index contributed by atoms with van der Waals surface area (Å²) in [7, 11) is 3.14. The third-order valence-corrected chi connectivity index (χ3v) is 5.12. The molecule has 33 heavy (non-hydrogen) atoms. The monoisotopic (exact) mass is 448 g/mol. The Bertz CT molecular complexity index is 1290. The van der Waals surface area contributed by atoms with E-state index in [0.29, 0.717) is 34.5 Å². The van der Waals surface area contributed by atoms with Crippen LogP contribution in [-0.2, 0) is 6.54 Å². The molecule has 10 heteroatoms. The van der Waals surface area contributed by atoms with E-state index in [1.54, 1.807) is 33.3 Å². The van der Waals surface area contributed by atoms with Gasteiger partial charge in [-0.25, -0.2) is 9.67 Å². The quantitative estimate of drug-likeness (QED) is 0.440. The Morgan fingerprint density at radius 1 is 1.09 bits per heavy atom. The van der Waals surface area contributed by atoms with E-state index in [1.807, 2.05) is 37.3 Å². The maximum absolute atomic E-state index is 12.6. The van der Waals surface area contributed by atoms with Gasteiger partial charge >= 0.3 is 0 Å². The summed E-state index contributed by atoms with van der Waals surface area (Å²) in [5.74, 6) is 1.88. The lowest BCUT2D eigenvalue weighted by Gasteiger charge is -2.07. The number of rotatable bonds is 7. The van der Waals surface area contributed by atoms with Crippen molar-refractivity contribution in [3.05, 3.63) is 65.2 Å². The third-order valence-electron chi connectivity index (χ3n) is 5.12. The van der Waals surface area contributed by atoms with Gasteiger partial charge in [-0.15, -0.1) is 5.10 Å². The highest BCUT2D eigenvalue weighted by molar-refractivity contribution is 6.05. The molecule has 0 aliphatic heterocycles. The fourth-order valence-corrected chi connectivity index (χ4v) is 3.24. The number of methoxy groups -OCH3 is 2. The van der Waals surface area contributed by atoms with Crippen molar-refractivity contribution < 1.29 is 18.7 Å². The first-order chi connectivity index (χ1) is 15.9. The molecule has 1 amide bonds. The molecule has 0 aliphatic rings. The van der Waals surface area contributed by atoms with Gasteiger partial charge in [0.05, 0.1) is 20.8 Å². The molecule has 0 saturated carbocycles. The van der Waals surface area contributed by atoms with E-state index in [4.69, 9.17) is 19.6 Å². The van der Waals surface area contributed by atoms with E-state index < -0.39 is 5.91 Å². The molecule has 0 aliphatic carbocycles. The van der Waals surface area contributed by atoms with Gasteiger partial charge in [-0.2, -0.15) is 0 Å². The molecule has 2 aromatic carbocycles. The normalized spacial score (nSPS) is 10.8. The number of nitrogen functional groups attached to an aromatic ring is 1. The van der Waals surface area contributed by atoms with E-state index in [9.17, 15) is 4.79 Å². The Balaban J connectivity index is 1.53. The molecule has 0 radical (unpaired) electrons. The lowest BCUT2D eigenvalue weighted by atomic mass is 10.2. The zero-order chi connectivity index (χ0) is 23.5. The molecule has 4 aromatic rings. The van der Waals surface area contributed by atoms with Crippen LogP contribution >= 0.6 is 0 Å². The number of anilines is 2. The van der Waals surface area contributed by atoms with Crippen molar-refractivity contribution in [2.75, 3.05) is 25.3 Å². The number of nitrogens with zero attached hydrogens (tertiary/aromatic N) is 4. The summed E-state index contributed by atoms with van der Waals surface area (Å²) in [5, 5.41) is 10.7. The van der Waals surface area contributed by atoms with Crippen LogP contribution in [0.5, 0.6) is 11.5 Å². The largest absolute Gasteiger partial charge is 0.493 e. The average Bonchev–Trinajstić information content (AvgIpc) is 3.37. The maximum atomic E-state index is 12.6. The van der Waals surface area contributed by atoms with Crippen molar-refractivity contribution in [1.82, 2.24) is 20.0 Å². The molecule has 2 aromatic heterocycles. The number of hydrogen-bond donors (Lipinski definition) is 2. The molecule has 0 unspecified atom stereocenters. The number of carbonyl (C=O) groups is 1. The van der Waals surface area contributed by atoms with Gasteiger partial charge in [0.2, 0.25) is 5.89 Å². The molecule has 170 valence electrons. The van der Waals surface area contributed by atoms with Crippen LogP contribution in [0.2, 0.25) is 0 Å². The zero-order valence-corrected chi connectivity index (χ0v) is 18.7. The molecule has 0 fully saturated rings. The number of aromatic nitrogens is 4. The van der Waals surface area contributed by atoms with E-state index in [-0.39, 0.29) is 18.1 Å². The molecule has 10 nitrogen and oxygen atoms in total. The van der Waals surface area contributed by atoms with E-state index >= 15 is 0 Å². The SMILES string of the molecule is COc1ccc(-c2nc(Cn3nnc(C(=O)Nc4ccc(C)cc4)c3N)c(C)o2)cc1OC. The lowest BCUT2D eigenvalue weighted by Crippen LogP contribution is -2.15. The number of carbonyl (C=O) groups excluding carboxylic acids is 1. The van der Waals surface area contributed by atoms with Crippen molar-refractivity contribution in [2.24, 2.45) is 0 Å². The molecular formula is C23H24N6O4. The summed E-state index contributed by atoms with van der Waals surface area (Å²) in [6.07, 6.45) is 0. The van der Waals surface area contributed by atoms with Crippen LogP contribution in [0.15, 0.2) is 46.9 Å². The highest BCUT2D eigenvalue weighted by Crippen LogP contribution is 2.32. The van der Waals surface area contributed by atoms with Crippen molar-refractivity contribution >= 4 is 17.4 Å². The molecule has 4 rings (SSSR count). The fourth-order valence-electron chi connectivity index (χ4n) is 3.24. The van der Waals surface area contributed by atoms with Crippen LogP contribution in [-0.4, -0.2) is 40.1 Å². The smallest absolute Gasteiger partial charge is 0.280 e. The summed E-state index contributed by atoms with van der Waals surface area (Å²) < 4.78 is 17.9. The molecule has 2 heterocycles. The minimum Gasteiger partial charge on any atom is -0.493 e. The van der Waals surface area contributed by atoms with Crippen molar-refractivity contribution in [1.29, 1.82) is 0 Å². The molecule has 0 atom stereocenters. The summed E-state index contributed by atoms with van der Waals surface area (Å²) in [4.78, 5) is 17.2. The zero-order valence-electron chi connectivity index (χ0n) is 18.7. The predicted molar refractivity (Wildman–Crippen MR) is 122 cm³/mol. The first-order valence-corrected chi connectivity index (χ1v) is 10.1. The van der Waals surface area contributed by atoms with Crippen LogP contribution in [0.1, 0.15) is 27.5 Å². The number of oxazole rings is 1. The number of hydrogen-bond acceptors (Lipinski definition) is 8. The van der Waals surface area contributed by atoms with Crippen LogP contribution in [0.3, 0.4) is 0 Å². The standard InChI is InChI=1S/C23H24N6O4/c1-13-5-8-16(9-6-13)25-22(30)20-21(24)29(28-27-20)12-17-14(2)33-23(26-17)15-7-10-18(31-3)19(11-15)32-4/h5-11H,12,24H2,1-4H3,(H,25,30). The van der Waals surface area contributed by atoms with Crippen molar-refractivity contribution in [3.8, 4) is 23.0 Å². The summed E-state index contributed by atoms with van der Waals surface area (Å²) in [6.45, 7) is 3.96. The second-order valence-electron chi connectivity index (χ2n) is 7.39. The van der Waals surface area contributed by atoms with E-state index in [0.717, 1.165) is 11.1 Å². The van der Waals surface area contributed by atoms with Gasteiger partial charge in [0.25, 0.3) is 5.91 Å². The number of ether oxygens (including phenoxy) is 2. The van der Waals surface area contributed by atoms with Crippen LogP contribution < -0.4 is 20.5 Å². The number of aryl methyl sites for hydroxylation is 2. The number of nitrogens with two attached hydrogens (primary N) is 1. The maximum Gasteiger partial charge on any atom is 0.280 e. The number of nitrogens with one attached hydrogen (secondary N) is 1. The Labute approximate surface area is 190 Å². The third kappa shape index (κ3) is 4.49. The highest BCUT2D eigenvalue weighted by Gasteiger charge is 2.20. The summed E-state index contributed by atoms with van der Waals surface area (Å²) in [5.41, 5.74) is 9.27. The lowest BCUT2D eigenvalue weighted by molar-refractivity contribution is 0.102. The number of benzene rings is 2. The molecule has 0 bridgehead atoms. The molecule has 3 N–H and O–H groups in total. The van der Waals surface area contributed by atoms with Crippen LogP contribution in [0.4, 0.5) is 11.5 Å². The Morgan fingerprint density at radius 2 is 1.82 bits per heavy atom. The van der Waals surface area contributed by atoms with Gasteiger partial charge in [-0.3, -0.25) is 4.79 Å². The fraction of sp³-hybridized carbons (Fsp3) is 0.217. The molecule has 0 spiro atoms. The molecule has 0 saturated heterocycles. The topological polar surface area (TPSA) is 130 Å². The van der Waals surface area contributed by atoms with E-state index in [1.165, 1.54) is 4.68 Å². The van der Waals surface area contributed by atoms with Crippen molar-refractivity contribution in [3.63, 3.8) is 0 Å². The van der Waals surface area contributed by atoms with Crippen LogP contribution in [0, 0.1) is 13.8 Å². The van der Waals surface area contributed by atoms with Gasteiger partial charge in [0.15, 0.2) is 23.0 Å². The first-order valence-electron chi connectivity index (χ1n) is 10.1. The van der Waals surface area contributed by atoms with Crippen molar-refractivity contribution in [2.45, 2.75) is 20.4 Å². The van der Waals surface area contributed by atoms with Gasteiger partial charge in [-0.05, 0) is 44.2 Å². The number of amides is 1. The van der Waals surface area contributed by atoms with E-state index in [2.05, 4.69) is 20.6 Å². The van der Waals surface area contributed by atoms with Gasteiger partial charge in [-0.1, -0.05) is 22.9 Å². The predicted octanol–water partition coefficient (Wildman–Crippen LogP) is 3.45. The minimum atomic E-state index is -0.439. The molecular weight excluding hydrogens is 424 g/mol. The summed E-state index contributed by atoms with van der Waals surface area (Å²) in [6, 6.07) is 12.8. The minimum absolute atomic E-state index is 0.0387. The van der Waals surface area contributed by atoms with Gasteiger partial charge in [0, 0.05) is 11.3 Å². The summed E-state index contributed by atoms with van der Waals surface area (Å²) >= 11 is 0. The second-order valence-corrected chi connectivity index (χ2v) is 7.39. The van der Waals surface area contributed by atoms with Gasteiger partial charge < -0.3 is 24.9 Å². The average molecular weight is 448 g/mol. The van der Waals surface area contributed by atoms with Crippen LogP contribution in [0.25, 0.3) is 11.5 Å². The Morgan fingerprint density at radius 3 is 2.52 bits per heavy atom. The highest BCUT2D eigenvalue weighted by atomic mass is 16.5.